The smallest absolute Gasteiger partial charge is 0.0951 e. The molecule has 1 aromatic heterocycles. The maximum atomic E-state index is 9.85. The summed E-state index contributed by atoms with van der Waals surface area (Å²) < 4.78 is 0. The van der Waals surface area contributed by atoms with Crippen LogP contribution in [0.5, 0.6) is 0 Å². The van der Waals surface area contributed by atoms with Crippen LogP contribution in [-0.2, 0) is 0 Å². The van der Waals surface area contributed by atoms with Crippen molar-refractivity contribution in [3.05, 3.63) is 21.9 Å². The van der Waals surface area contributed by atoms with Gasteiger partial charge in [-0.2, -0.15) is 0 Å². The number of thiophene rings is 1. The van der Waals surface area contributed by atoms with E-state index in [1.165, 1.54) is 4.88 Å². The Labute approximate surface area is 83.4 Å². The average Bonchev–Trinajstić information content (AvgIpc) is 2.49. The highest BCUT2D eigenvalue weighted by molar-refractivity contribution is 7.10. The molecule has 1 rings (SSSR count). The van der Waals surface area contributed by atoms with E-state index in [9.17, 15) is 5.11 Å². The highest BCUT2D eigenvalue weighted by atomic mass is 32.1. The van der Waals surface area contributed by atoms with E-state index in [0.717, 1.165) is 5.56 Å². The zero-order valence-electron chi connectivity index (χ0n) is 8.32. The molecule has 2 atom stereocenters. The van der Waals surface area contributed by atoms with Crippen molar-refractivity contribution >= 4 is 11.3 Å². The third kappa shape index (κ3) is 2.53. The molecule has 0 unspecified atom stereocenters. The lowest BCUT2D eigenvalue weighted by atomic mass is 9.96. The van der Waals surface area contributed by atoms with E-state index in [-0.39, 0.29) is 6.04 Å². The normalized spacial score (nSPS) is 16.2. The van der Waals surface area contributed by atoms with Gasteiger partial charge in [0.2, 0.25) is 0 Å². The van der Waals surface area contributed by atoms with Crippen molar-refractivity contribution in [2.75, 3.05) is 0 Å². The Kier molecular flexibility index (Phi) is 3.47. The highest BCUT2D eigenvalue weighted by Gasteiger charge is 2.20. The van der Waals surface area contributed by atoms with E-state index in [0.29, 0.717) is 5.92 Å². The van der Waals surface area contributed by atoms with Crippen molar-refractivity contribution in [1.29, 1.82) is 0 Å². The molecule has 0 saturated heterocycles. The van der Waals surface area contributed by atoms with Gasteiger partial charge in [-0.05, 0) is 29.9 Å². The molecule has 0 spiro atoms. The number of aliphatic hydroxyl groups excluding tert-OH is 1. The molecule has 3 N–H and O–H groups in total. The summed E-state index contributed by atoms with van der Waals surface area (Å²) in [5.41, 5.74) is 6.80. The van der Waals surface area contributed by atoms with Crippen LogP contribution in [0.25, 0.3) is 0 Å². The summed E-state index contributed by atoms with van der Waals surface area (Å²) in [7, 11) is 0. The molecular weight excluding hydrogens is 182 g/mol. The standard InChI is InChI=1S/C10H17NOS/c1-6(2)9(11)10(12)8-4-7(3)13-5-8/h4-6,9-10,12H,11H2,1-3H3/t9-,10+/m0/s1. The van der Waals surface area contributed by atoms with E-state index in [2.05, 4.69) is 0 Å². The van der Waals surface area contributed by atoms with E-state index < -0.39 is 6.10 Å². The van der Waals surface area contributed by atoms with E-state index in [1.54, 1.807) is 11.3 Å². The van der Waals surface area contributed by atoms with E-state index >= 15 is 0 Å². The summed E-state index contributed by atoms with van der Waals surface area (Å²) >= 11 is 1.65. The molecule has 1 aromatic rings. The molecule has 0 radical (unpaired) electrons. The predicted octanol–water partition coefficient (Wildman–Crippen LogP) is 2.07. The highest BCUT2D eigenvalue weighted by Crippen LogP contribution is 2.24. The van der Waals surface area contributed by atoms with Crippen LogP contribution >= 0.6 is 11.3 Å². The summed E-state index contributed by atoms with van der Waals surface area (Å²) in [6, 6.07) is 1.83. The summed E-state index contributed by atoms with van der Waals surface area (Å²) in [6.45, 7) is 6.07. The molecule has 0 aliphatic rings. The molecule has 13 heavy (non-hydrogen) atoms. The molecule has 0 saturated carbocycles. The molecule has 0 aliphatic carbocycles. The first kappa shape index (κ1) is 10.7. The Morgan fingerprint density at radius 2 is 2.08 bits per heavy atom. The second-order valence-electron chi connectivity index (χ2n) is 3.76. The molecule has 0 aliphatic heterocycles. The molecule has 0 amide bonds. The number of nitrogens with two attached hydrogens (primary N) is 1. The minimum atomic E-state index is -0.523. The van der Waals surface area contributed by atoms with Crippen LogP contribution in [0.1, 0.15) is 30.4 Å². The number of rotatable bonds is 3. The SMILES string of the molecule is Cc1cc([C@@H](O)[C@@H](N)C(C)C)cs1. The van der Waals surface area contributed by atoms with Crippen LogP contribution in [0.15, 0.2) is 11.4 Å². The van der Waals surface area contributed by atoms with Gasteiger partial charge in [0.15, 0.2) is 0 Å². The molecule has 74 valence electrons. The Hall–Kier alpha value is -0.380. The van der Waals surface area contributed by atoms with Gasteiger partial charge in [-0.25, -0.2) is 0 Å². The fourth-order valence-corrected chi connectivity index (χ4v) is 1.94. The zero-order valence-corrected chi connectivity index (χ0v) is 9.14. The van der Waals surface area contributed by atoms with Gasteiger partial charge >= 0.3 is 0 Å². The largest absolute Gasteiger partial charge is 0.387 e. The summed E-state index contributed by atoms with van der Waals surface area (Å²) in [5, 5.41) is 11.8. The maximum Gasteiger partial charge on any atom is 0.0951 e. The van der Waals surface area contributed by atoms with Crippen LogP contribution in [0, 0.1) is 12.8 Å². The minimum Gasteiger partial charge on any atom is -0.387 e. The lowest BCUT2D eigenvalue weighted by molar-refractivity contribution is 0.126. The first-order valence-corrected chi connectivity index (χ1v) is 5.39. The van der Waals surface area contributed by atoms with Gasteiger partial charge in [0.1, 0.15) is 0 Å². The average molecular weight is 199 g/mol. The van der Waals surface area contributed by atoms with Crippen molar-refractivity contribution < 1.29 is 5.11 Å². The van der Waals surface area contributed by atoms with Crippen molar-refractivity contribution in [3.8, 4) is 0 Å². The van der Waals surface area contributed by atoms with Gasteiger partial charge < -0.3 is 10.8 Å². The first-order chi connectivity index (χ1) is 6.02. The van der Waals surface area contributed by atoms with E-state index in [4.69, 9.17) is 5.73 Å². The Morgan fingerprint density at radius 3 is 2.46 bits per heavy atom. The molecular formula is C10H17NOS. The maximum absolute atomic E-state index is 9.85. The summed E-state index contributed by atoms with van der Waals surface area (Å²) in [6.07, 6.45) is -0.523. The topological polar surface area (TPSA) is 46.2 Å². The molecule has 2 nitrogen and oxygen atoms in total. The van der Waals surface area contributed by atoms with Gasteiger partial charge in [0, 0.05) is 10.9 Å². The number of hydrogen-bond donors (Lipinski definition) is 2. The molecule has 0 fully saturated rings. The van der Waals surface area contributed by atoms with Crippen LogP contribution in [0.3, 0.4) is 0 Å². The van der Waals surface area contributed by atoms with Crippen molar-refractivity contribution in [2.24, 2.45) is 11.7 Å². The van der Waals surface area contributed by atoms with Crippen LogP contribution < -0.4 is 5.73 Å². The van der Waals surface area contributed by atoms with Gasteiger partial charge in [-0.15, -0.1) is 11.3 Å². The molecule has 1 heterocycles. The summed E-state index contributed by atoms with van der Waals surface area (Å²) in [5.74, 6) is 0.301. The van der Waals surface area contributed by atoms with Crippen molar-refractivity contribution in [3.63, 3.8) is 0 Å². The van der Waals surface area contributed by atoms with Gasteiger partial charge in [-0.1, -0.05) is 13.8 Å². The molecule has 0 aromatic carbocycles. The summed E-state index contributed by atoms with van der Waals surface area (Å²) in [4.78, 5) is 1.21. The number of aliphatic hydroxyl groups is 1. The predicted molar refractivity (Wildman–Crippen MR) is 56.8 cm³/mol. The monoisotopic (exact) mass is 199 g/mol. The third-order valence-corrected chi connectivity index (χ3v) is 3.11. The van der Waals surface area contributed by atoms with Crippen LogP contribution in [0.4, 0.5) is 0 Å². The Balaban J connectivity index is 2.73. The van der Waals surface area contributed by atoms with E-state index in [1.807, 2.05) is 32.2 Å². The minimum absolute atomic E-state index is 0.172. The first-order valence-electron chi connectivity index (χ1n) is 4.51. The van der Waals surface area contributed by atoms with Gasteiger partial charge in [-0.3, -0.25) is 0 Å². The zero-order chi connectivity index (χ0) is 10.0. The molecule has 0 bridgehead atoms. The Morgan fingerprint density at radius 1 is 1.46 bits per heavy atom. The fraction of sp³-hybridized carbons (Fsp3) is 0.600. The fourth-order valence-electron chi connectivity index (χ4n) is 1.21. The Bertz CT molecular complexity index is 270. The third-order valence-electron chi connectivity index (χ3n) is 2.23. The lowest BCUT2D eigenvalue weighted by Crippen LogP contribution is -2.33. The number of aryl methyl sites for hydroxylation is 1. The lowest BCUT2D eigenvalue weighted by Gasteiger charge is -2.21. The second kappa shape index (κ2) is 4.22. The molecule has 3 heteroatoms. The number of hydrogen-bond acceptors (Lipinski definition) is 3. The van der Waals surface area contributed by atoms with Crippen LogP contribution in [-0.4, -0.2) is 11.1 Å². The van der Waals surface area contributed by atoms with Crippen molar-refractivity contribution in [2.45, 2.75) is 32.9 Å². The second-order valence-corrected chi connectivity index (χ2v) is 4.87. The quantitative estimate of drug-likeness (QED) is 0.783. The van der Waals surface area contributed by atoms with Gasteiger partial charge in [0.05, 0.1) is 6.10 Å². The van der Waals surface area contributed by atoms with Gasteiger partial charge in [0.25, 0.3) is 0 Å². The van der Waals surface area contributed by atoms with Crippen LogP contribution in [0.2, 0.25) is 0 Å². The van der Waals surface area contributed by atoms with Crippen molar-refractivity contribution in [1.82, 2.24) is 0 Å².